The van der Waals surface area contributed by atoms with Gasteiger partial charge in [0.15, 0.2) is 0 Å². The fraction of sp³-hybridized carbons (Fsp3) is 0.409. The topological polar surface area (TPSA) is 69.7 Å². The molecule has 29 heavy (non-hydrogen) atoms. The summed E-state index contributed by atoms with van der Waals surface area (Å²) < 4.78 is 25.7. The monoisotopic (exact) mass is 415 g/mol. The Bertz CT molecular complexity index is 931. The van der Waals surface area contributed by atoms with Crippen molar-refractivity contribution in [3.8, 4) is 0 Å². The minimum absolute atomic E-state index is 0.293. The van der Waals surface area contributed by atoms with E-state index >= 15 is 0 Å². The number of hydrogen-bond acceptors (Lipinski definition) is 4. The van der Waals surface area contributed by atoms with Gasteiger partial charge in [0.2, 0.25) is 15.9 Å². The summed E-state index contributed by atoms with van der Waals surface area (Å²) in [6.45, 7) is 4.01. The summed E-state index contributed by atoms with van der Waals surface area (Å²) in [6, 6.07) is 16.4. The Labute approximate surface area is 173 Å². The molecule has 1 aliphatic rings. The van der Waals surface area contributed by atoms with Gasteiger partial charge in [0, 0.05) is 25.3 Å². The minimum Gasteiger partial charge on any atom is -0.371 e. The number of hydrogen-bond donors (Lipinski definition) is 1. The zero-order chi connectivity index (χ0) is 20.9. The van der Waals surface area contributed by atoms with E-state index in [0.29, 0.717) is 12.2 Å². The van der Waals surface area contributed by atoms with Gasteiger partial charge in [0.1, 0.15) is 6.04 Å². The first kappa shape index (κ1) is 21.2. The number of anilines is 2. The van der Waals surface area contributed by atoms with Crippen LogP contribution in [0.1, 0.15) is 25.3 Å². The van der Waals surface area contributed by atoms with Crippen molar-refractivity contribution in [2.45, 2.75) is 32.2 Å². The Morgan fingerprint density at radius 2 is 1.83 bits per heavy atom. The summed E-state index contributed by atoms with van der Waals surface area (Å²) in [5.74, 6) is -0.293. The van der Waals surface area contributed by atoms with E-state index in [0.717, 1.165) is 38.6 Å². The molecule has 0 saturated heterocycles. The van der Waals surface area contributed by atoms with Crippen molar-refractivity contribution in [2.75, 3.05) is 35.1 Å². The van der Waals surface area contributed by atoms with E-state index in [1.165, 1.54) is 15.6 Å². The summed E-state index contributed by atoms with van der Waals surface area (Å²) >= 11 is 0. The predicted octanol–water partition coefficient (Wildman–Crippen LogP) is 2.80. The van der Waals surface area contributed by atoms with E-state index in [1.54, 1.807) is 31.2 Å². The summed E-state index contributed by atoms with van der Waals surface area (Å²) in [5, 5.41) is 2.90. The van der Waals surface area contributed by atoms with Crippen LogP contribution < -0.4 is 14.5 Å². The van der Waals surface area contributed by atoms with E-state index < -0.39 is 16.1 Å². The zero-order valence-corrected chi connectivity index (χ0v) is 17.9. The van der Waals surface area contributed by atoms with Crippen LogP contribution in [0.5, 0.6) is 0 Å². The van der Waals surface area contributed by atoms with Crippen molar-refractivity contribution >= 4 is 27.3 Å². The average molecular weight is 416 g/mol. The molecule has 0 radical (unpaired) electrons. The number of benzene rings is 2. The summed E-state index contributed by atoms with van der Waals surface area (Å²) in [7, 11) is -3.58. The van der Waals surface area contributed by atoms with Crippen LogP contribution in [0.4, 0.5) is 11.4 Å². The first-order valence-electron chi connectivity index (χ1n) is 10.0. The van der Waals surface area contributed by atoms with Gasteiger partial charge in [-0.25, -0.2) is 8.42 Å². The molecule has 2 aromatic carbocycles. The third-order valence-corrected chi connectivity index (χ3v) is 6.45. The summed E-state index contributed by atoms with van der Waals surface area (Å²) in [6.07, 6.45) is 4.18. The lowest BCUT2D eigenvalue weighted by molar-refractivity contribution is -0.121. The van der Waals surface area contributed by atoms with E-state index in [2.05, 4.69) is 34.5 Å². The highest BCUT2D eigenvalue weighted by Gasteiger charge is 2.28. The molecule has 0 saturated carbocycles. The van der Waals surface area contributed by atoms with Gasteiger partial charge in [-0.2, -0.15) is 0 Å². The van der Waals surface area contributed by atoms with Crippen LogP contribution in [0.3, 0.4) is 0 Å². The Morgan fingerprint density at radius 1 is 1.14 bits per heavy atom. The largest absolute Gasteiger partial charge is 0.371 e. The SMILES string of the molecule is C[C@H](C(=O)NCCCN1CCCc2ccccc21)N(c1ccccc1)S(C)(=O)=O. The van der Waals surface area contributed by atoms with Crippen LogP contribution >= 0.6 is 0 Å². The lowest BCUT2D eigenvalue weighted by atomic mass is 10.0. The molecule has 0 fully saturated rings. The maximum Gasteiger partial charge on any atom is 0.243 e. The highest BCUT2D eigenvalue weighted by atomic mass is 32.2. The van der Waals surface area contributed by atoms with Crippen LogP contribution in [0.15, 0.2) is 54.6 Å². The Kier molecular flexibility index (Phi) is 6.79. The smallest absolute Gasteiger partial charge is 0.243 e. The van der Waals surface area contributed by atoms with Gasteiger partial charge in [-0.1, -0.05) is 36.4 Å². The third-order valence-electron chi connectivity index (χ3n) is 5.21. The molecule has 0 aliphatic carbocycles. The van der Waals surface area contributed by atoms with Gasteiger partial charge in [0.05, 0.1) is 11.9 Å². The van der Waals surface area contributed by atoms with Crippen molar-refractivity contribution in [2.24, 2.45) is 0 Å². The molecule has 3 rings (SSSR count). The van der Waals surface area contributed by atoms with Crippen LogP contribution in [-0.4, -0.2) is 46.3 Å². The maximum atomic E-state index is 12.6. The normalized spacial score (nSPS) is 14.8. The summed E-state index contributed by atoms with van der Waals surface area (Å²) in [5.41, 5.74) is 3.15. The van der Waals surface area contributed by atoms with Crippen molar-refractivity contribution in [3.63, 3.8) is 0 Å². The second kappa shape index (κ2) is 9.31. The standard InChI is InChI=1S/C22H29N3O3S/c1-18(25(29(2,27)28)20-12-4-3-5-13-20)22(26)23-15-9-17-24-16-8-11-19-10-6-7-14-21(19)24/h3-7,10,12-14,18H,8-9,11,15-17H2,1-2H3,(H,23,26)/t18-/m1/s1. The van der Waals surface area contributed by atoms with Crippen molar-refractivity contribution in [3.05, 3.63) is 60.2 Å². The van der Waals surface area contributed by atoms with E-state index in [-0.39, 0.29) is 5.91 Å². The Morgan fingerprint density at radius 3 is 2.55 bits per heavy atom. The van der Waals surface area contributed by atoms with Gasteiger partial charge in [-0.15, -0.1) is 0 Å². The number of para-hydroxylation sites is 2. The van der Waals surface area contributed by atoms with Crippen molar-refractivity contribution in [1.29, 1.82) is 0 Å². The molecular formula is C22H29N3O3S. The molecule has 0 aromatic heterocycles. The molecule has 1 atom stereocenters. The van der Waals surface area contributed by atoms with Gasteiger partial charge >= 0.3 is 0 Å². The van der Waals surface area contributed by atoms with Crippen LogP contribution in [-0.2, 0) is 21.2 Å². The molecule has 0 unspecified atom stereocenters. The number of nitrogens with one attached hydrogen (secondary N) is 1. The van der Waals surface area contributed by atoms with Gasteiger partial charge < -0.3 is 10.2 Å². The minimum atomic E-state index is -3.58. The summed E-state index contributed by atoms with van der Waals surface area (Å²) in [4.78, 5) is 15.0. The molecule has 0 bridgehead atoms. The molecule has 1 heterocycles. The molecule has 1 aliphatic heterocycles. The third kappa shape index (κ3) is 5.29. The van der Waals surface area contributed by atoms with Crippen LogP contribution in [0.25, 0.3) is 0 Å². The van der Waals surface area contributed by atoms with E-state index in [9.17, 15) is 13.2 Å². The average Bonchev–Trinajstić information content (AvgIpc) is 2.71. The molecule has 156 valence electrons. The van der Waals surface area contributed by atoms with Crippen molar-refractivity contribution < 1.29 is 13.2 Å². The number of carbonyl (C=O) groups excluding carboxylic acids is 1. The first-order valence-corrected chi connectivity index (χ1v) is 11.9. The van der Waals surface area contributed by atoms with E-state index in [1.807, 2.05) is 6.07 Å². The van der Waals surface area contributed by atoms with Gasteiger partial charge in [-0.05, 0) is 49.9 Å². The fourth-order valence-corrected chi connectivity index (χ4v) is 5.03. The van der Waals surface area contributed by atoms with E-state index in [4.69, 9.17) is 0 Å². The number of rotatable bonds is 8. The molecule has 1 amide bonds. The van der Waals surface area contributed by atoms with Gasteiger partial charge in [-0.3, -0.25) is 9.10 Å². The van der Waals surface area contributed by atoms with Crippen molar-refractivity contribution in [1.82, 2.24) is 5.32 Å². The number of nitrogens with zero attached hydrogens (tertiary/aromatic N) is 2. The lowest BCUT2D eigenvalue weighted by Gasteiger charge is -2.31. The molecule has 7 heteroatoms. The molecule has 1 N–H and O–H groups in total. The second-order valence-corrected chi connectivity index (χ2v) is 9.29. The maximum absolute atomic E-state index is 12.6. The number of amides is 1. The first-order chi connectivity index (χ1) is 13.9. The number of fused-ring (bicyclic) bond motifs is 1. The Balaban J connectivity index is 1.55. The van der Waals surface area contributed by atoms with Crippen LogP contribution in [0, 0.1) is 0 Å². The second-order valence-electron chi connectivity index (χ2n) is 7.43. The molecule has 6 nitrogen and oxygen atoms in total. The lowest BCUT2D eigenvalue weighted by Crippen LogP contribution is -2.48. The highest BCUT2D eigenvalue weighted by molar-refractivity contribution is 7.92. The zero-order valence-electron chi connectivity index (χ0n) is 17.0. The number of sulfonamides is 1. The number of carbonyl (C=O) groups is 1. The quantitative estimate of drug-likeness (QED) is 0.673. The van der Waals surface area contributed by atoms with Gasteiger partial charge in [0.25, 0.3) is 0 Å². The fourth-order valence-electron chi connectivity index (χ4n) is 3.86. The molecular weight excluding hydrogens is 386 g/mol. The molecule has 2 aromatic rings. The van der Waals surface area contributed by atoms with Crippen LogP contribution in [0.2, 0.25) is 0 Å². The highest BCUT2D eigenvalue weighted by Crippen LogP contribution is 2.26. The Hall–Kier alpha value is -2.54. The number of aryl methyl sites for hydroxylation is 1. The predicted molar refractivity (Wildman–Crippen MR) is 118 cm³/mol. The molecule has 0 spiro atoms.